The number of hydrogen-bond donors (Lipinski definition) is 1. The zero-order chi connectivity index (χ0) is 10.8. The Balaban J connectivity index is 2.27. The molecule has 0 bridgehead atoms. The highest BCUT2D eigenvalue weighted by atomic mass is 35.5. The van der Waals surface area contributed by atoms with Crippen LogP contribution in [0.2, 0.25) is 10.0 Å². The van der Waals surface area contributed by atoms with Crippen molar-refractivity contribution in [3.05, 3.63) is 27.7 Å². The summed E-state index contributed by atoms with van der Waals surface area (Å²) >= 11 is 12.1. The SMILES string of the molecule is Nc1c(Cl)cc(C2CCCCC2)cc1Cl. The average molecular weight is 244 g/mol. The zero-order valence-corrected chi connectivity index (χ0v) is 10.1. The van der Waals surface area contributed by atoms with Crippen LogP contribution < -0.4 is 5.73 Å². The minimum Gasteiger partial charge on any atom is -0.396 e. The summed E-state index contributed by atoms with van der Waals surface area (Å²) in [5.41, 5.74) is 7.46. The third-order valence-corrected chi connectivity index (χ3v) is 3.80. The lowest BCUT2D eigenvalue weighted by Crippen LogP contribution is -2.05. The van der Waals surface area contributed by atoms with E-state index in [0.29, 0.717) is 21.7 Å². The second kappa shape index (κ2) is 4.63. The number of anilines is 1. The van der Waals surface area contributed by atoms with Gasteiger partial charge in [0, 0.05) is 0 Å². The molecule has 2 N–H and O–H groups in total. The molecule has 0 amide bonds. The first-order chi connectivity index (χ1) is 7.18. The van der Waals surface area contributed by atoms with Gasteiger partial charge in [-0.15, -0.1) is 0 Å². The molecular weight excluding hydrogens is 229 g/mol. The number of nitrogens with two attached hydrogens (primary N) is 1. The van der Waals surface area contributed by atoms with Gasteiger partial charge in [-0.05, 0) is 36.5 Å². The lowest BCUT2D eigenvalue weighted by atomic mass is 9.84. The Morgan fingerprint density at radius 3 is 2.07 bits per heavy atom. The van der Waals surface area contributed by atoms with Crippen molar-refractivity contribution in [3.8, 4) is 0 Å². The molecule has 0 aromatic heterocycles. The fraction of sp³-hybridized carbons (Fsp3) is 0.500. The molecule has 1 aromatic carbocycles. The van der Waals surface area contributed by atoms with E-state index in [2.05, 4.69) is 0 Å². The van der Waals surface area contributed by atoms with Crippen molar-refractivity contribution in [1.82, 2.24) is 0 Å². The van der Waals surface area contributed by atoms with Crippen LogP contribution in [0.25, 0.3) is 0 Å². The highest BCUT2D eigenvalue weighted by Gasteiger charge is 2.17. The lowest BCUT2D eigenvalue weighted by molar-refractivity contribution is 0.443. The van der Waals surface area contributed by atoms with Crippen LogP contribution in [0.1, 0.15) is 43.6 Å². The number of nitrogen functional groups attached to an aromatic ring is 1. The Kier molecular flexibility index (Phi) is 3.42. The Morgan fingerprint density at radius 1 is 1.00 bits per heavy atom. The highest BCUT2D eigenvalue weighted by molar-refractivity contribution is 6.38. The molecule has 1 aromatic rings. The van der Waals surface area contributed by atoms with Crippen LogP contribution in [0, 0.1) is 0 Å². The van der Waals surface area contributed by atoms with Crippen LogP contribution in [0.4, 0.5) is 5.69 Å². The topological polar surface area (TPSA) is 26.0 Å². The molecule has 1 fully saturated rings. The van der Waals surface area contributed by atoms with Gasteiger partial charge in [-0.3, -0.25) is 0 Å². The van der Waals surface area contributed by atoms with E-state index in [9.17, 15) is 0 Å². The van der Waals surface area contributed by atoms with Crippen molar-refractivity contribution in [2.45, 2.75) is 38.0 Å². The molecule has 0 aliphatic heterocycles. The minimum atomic E-state index is 0.498. The van der Waals surface area contributed by atoms with Gasteiger partial charge in [0.25, 0.3) is 0 Å². The van der Waals surface area contributed by atoms with Gasteiger partial charge in [0.05, 0.1) is 15.7 Å². The van der Waals surface area contributed by atoms with E-state index < -0.39 is 0 Å². The van der Waals surface area contributed by atoms with Crippen LogP contribution in [0.15, 0.2) is 12.1 Å². The standard InChI is InChI=1S/C12H15Cl2N/c13-10-6-9(7-11(14)12(10)15)8-4-2-1-3-5-8/h6-8H,1-5,15H2. The first kappa shape index (κ1) is 11.1. The minimum absolute atomic E-state index is 0.498. The third-order valence-electron chi connectivity index (χ3n) is 3.18. The van der Waals surface area contributed by atoms with Crippen LogP contribution >= 0.6 is 23.2 Å². The summed E-state index contributed by atoms with van der Waals surface area (Å²) in [4.78, 5) is 0. The summed E-state index contributed by atoms with van der Waals surface area (Å²) in [7, 11) is 0. The van der Waals surface area contributed by atoms with Crippen LogP contribution in [-0.4, -0.2) is 0 Å². The number of halogens is 2. The van der Waals surface area contributed by atoms with Crippen molar-refractivity contribution >= 4 is 28.9 Å². The van der Waals surface area contributed by atoms with E-state index in [0.717, 1.165) is 0 Å². The summed E-state index contributed by atoms with van der Waals surface area (Å²) < 4.78 is 0. The first-order valence-corrected chi connectivity index (χ1v) is 6.18. The van der Waals surface area contributed by atoms with Crippen molar-refractivity contribution in [2.24, 2.45) is 0 Å². The smallest absolute Gasteiger partial charge is 0.0693 e. The summed E-state index contributed by atoms with van der Waals surface area (Å²) in [5.74, 6) is 0.620. The van der Waals surface area contributed by atoms with E-state index in [-0.39, 0.29) is 0 Å². The van der Waals surface area contributed by atoms with E-state index in [4.69, 9.17) is 28.9 Å². The largest absolute Gasteiger partial charge is 0.396 e. The zero-order valence-electron chi connectivity index (χ0n) is 8.60. The quantitative estimate of drug-likeness (QED) is 0.716. The van der Waals surface area contributed by atoms with Gasteiger partial charge >= 0.3 is 0 Å². The molecule has 0 atom stereocenters. The van der Waals surface area contributed by atoms with Gasteiger partial charge in [0.2, 0.25) is 0 Å². The van der Waals surface area contributed by atoms with Gasteiger partial charge < -0.3 is 5.73 Å². The number of rotatable bonds is 1. The molecule has 0 spiro atoms. The Hall–Kier alpha value is -0.400. The molecule has 0 unspecified atom stereocenters. The molecule has 1 nitrogen and oxygen atoms in total. The number of benzene rings is 1. The molecule has 1 aliphatic rings. The predicted octanol–water partition coefficient (Wildman–Crippen LogP) is 4.62. The Labute approximate surface area is 101 Å². The molecule has 1 saturated carbocycles. The molecule has 3 heteroatoms. The summed E-state index contributed by atoms with van der Waals surface area (Å²) in [6.45, 7) is 0. The molecule has 0 saturated heterocycles. The van der Waals surface area contributed by atoms with Crippen molar-refractivity contribution in [1.29, 1.82) is 0 Å². The van der Waals surface area contributed by atoms with E-state index in [1.165, 1.54) is 37.7 Å². The summed E-state index contributed by atoms with van der Waals surface area (Å²) in [5, 5.41) is 1.17. The van der Waals surface area contributed by atoms with Crippen molar-refractivity contribution in [3.63, 3.8) is 0 Å². The van der Waals surface area contributed by atoms with E-state index >= 15 is 0 Å². The monoisotopic (exact) mass is 243 g/mol. The van der Waals surface area contributed by atoms with Crippen molar-refractivity contribution in [2.75, 3.05) is 5.73 Å². The molecule has 0 heterocycles. The lowest BCUT2D eigenvalue weighted by Gasteiger charge is -2.22. The fourth-order valence-electron chi connectivity index (χ4n) is 2.28. The highest BCUT2D eigenvalue weighted by Crippen LogP contribution is 2.37. The Morgan fingerprint density at radius 2 is 1.53 bits per heavy atom. The van der Waals surface area contributed by atoms with E-state index in [1.54, 1.807) is 0 Å². The summed E-state index contributed by atoms with van der Waals surface area (Å²) in [6, 6.07) is 3.94. The molecule has 2 rings (SSSR count). The molecular formula is C12H15Cl2N. The Bertz CT molecular complexity index is 334. The maximum Gasteiger partial charge on any atom is 0.0693 e. The van der Waals surface area contributed by atoms with Gasteiger partial charge in [-0.1, -0.05) is 42.5 Å². The molecule has 0 radical (unpaired) electrons. The van der Waals surface area contributed by atoms with Crippen LogP contribution in [0.3, 0.4) is 0 Å². The van der Waals surface area contributed by atoms with Gasteiger partial charge in [-0.25, -0.2) is 0 Å². The molecule has 15 heavy (non-hydrogen) atoms. The van der Waals surface area contributed by atoms with E-state index in [1.807, 2.05) is 12.1 Å². The second-order valence-corrected chi connectivity index (χ2v) is 5.05. The van der Waals surface area contributed by atoms with Crippen LogP contribution in [-0.2, 0) is 0 Å². The average Bonchev–Trinajstić information content (AvgIpc) is 2.26. The van der Waals surface area contributed by atoms with Gasteiger partial charge in [-0.2, -0.15) is 0 Å². The maximum absolute atomic E-state index is 6.03. The first-order valence-electron chi connectivity index (χ1n) is 5.43. The van der Waals surface area contributed by atoms with Gasteiger partial charge in [0.15, 0.2) is 0 Å². The van der Waals surface area contributed by atoms with Crippen LogP contribution in [0.5, 0.6) is 0 Å². The predicted molar refractivity (Wildman–Crippen MR) is 66.7 cm³/mol. The second-order valence-electron chi connectivity index (χ2n) is 4.23. The fourth-order valence-corrected chi connectivity index (χ4v) is 2.78. The molecule has 1 aliphatic carbocycles. The maximum atomic E-state index is 6.03. The number of hydrogen-bond acceptors (Lipinski definition) is 1. The molecule has 82 valence electrons. The summed E-state index contributed by atoms with van der Waals surface area (Å²) in [6.07, 6.45) is 6.47. The van der Waals surface area contributed by atoms with Gasteiger partial charge in [0.1, 0.15) is 0 Å². The normalized spacial score (nSPS) is 18.0. The van der Waals surface area contributed by atoms with Crippen molar-refractivity contribution < 1.29 is 0 Å². The third kappa shape index (κ3) is 2.40.